The molecule has 2 rings (SSSR count). The molecule has 0 bridgehead atoms. The molecule has 0 aromatic heterocycles. The van der Waals surface area contributed by atoms with Crippen molar-refractivity contribution in [3.63, 3.8) is 0 Å². The Bertz CT molecular complexity index is 484. The van der Waals surface area contributed by atoms with Crippen LogP contribution in [0.3, 0.4) is 0 Å². The van der Waals surface area contributed by atoms with Gasteiger partial charge in [-0.2, -0.15) is 0 Å². The van der Waals surface area contributed by atoms with E-state index in [0.717, 1.165) is 23.6 Å². The predicted octanol–water partition coefficient (Wildman–Crippen LogP) is 1.80. The van der Waals surface area contributed by atoms with Gasteiger partial charge in [-0.15, -0.1) is 0 Å². The Hall–Kier alpha value is -1.75. The molecule has 0 aliphatic heterocycles. The SMILES string of the molecule is COc1ccc(OCCC(=O)N(C)C)c(CNC2CC2)c1. The molecule has 1 fully saturated rings. The summed E-state index contributed by atoms with van der Waals surface area (Å²) in [5.41, 5.74) is 1.07. The number of ether oxygens (including phenoxy) is 2. The summed E-state index contributed by atoms with van der Waals surface area (Å²) in [7, 11) is 5.16. The van der Waals surface area contributed by atoms with Gasteiger partial charge in [0.25, 0.3) is 0 Å². The Morgan fingerprint density at radius 3 is 2.76 bits per heavy atom. The normalized spacial score (nSPS) is 13.9. The number of benzene rings is 1. The fraction of sp³-hybridized carbons (Fsp3) is 0.562. The summed E-state index contributed by atoms with van der Waals surface area (Å²) in [5, 5.41) is 3.47. The first-order chi connectivity index (χ1) is 10.1. The van der Waals surface area contributed by atoms with Gasteiger partial charge in [-0.3, -0.25) is 4.79 Å². The largest absolute Gasteiger partial charge is 0.497 e. The highest BCUT2D eigenvalue weighted by atomic mass is 16.5. The van der Waals surface area contributed by atoms with E-state index in [1.54, 1.807) is 26.1 Å². The Kier molecular flexibility index (Phi) is 5.44. The number of nitrogens with one attached hydrogen (secondary N) is 1. The van der Waals surface area contributed by atoms with Crippen molar-refractivity contribution in [1.82, 2.24) is 10.2 Å². The van der Waals surface area contributed by atoms with Crippen LogP contribution in [-0.2, 0) is 11.3 Å². The van der Waals surface area contributed by atoms with Crippen LogP contribution < -0.4 is 14.8 Å². The summed E-state index contributed by atoms with van der Waals surface area (Å²) in [5.74, 6) is 1.70. The number of hydrogen-bond acceptors (Lipinski definition) is 4. The summed E-state index contributed by atoms with van der Waals surface area (Å²) in [6.07, 6.45) is 2.88. The second kappa shape index (κ2) is 7.31. The molecule has 1 aromatic rings. The van der Waals surface area contributed by atoms with Crippen LogP contribution in [0.5, 0.6) is 11.5 Å². The first kappa shape index (κ1) is 15.6. The summed E-state index contributed by atoms with van der Waals surface area (Å²) in [6, 6.07) is 6.41. The number of rotatable bonds is 8. The minimum atomic E-state index is 0.0705. The van der Waals surface area contributed by atoms with Crippen LogP contribution in [0.15, 0.2) is 18.2 Å². The van der Waals surface area contributed by atoms with E-state index in [4.69, 9.17) is 9.47 Å². The Morgan fingerprint density at radius 2 is 2.14 bits per heavy atom. The molecule has 21 heavy (non-hydrogen) atoms. The van der Waals surface area contributed by atoms with E-state index in [1.165, 1.54) is 12.8 Å². The minimum Gasteiger partial charge on any atom is -0.497 e. The van der Waals surface area contributed by atoms with Gasteiger partial charge < -0.3 is 19.7 Å². The second-order valence-electron chi connectivity index (χ2n) is 5.52. The number of amides is 1. The molecular formula is C16H24N2O3. The molecule has 1 aliphatic rings. The van der Waals surface area contributed by atoms with E-state index >= 15 is 0 Å². The number of hydrogen-bond donors (Lipinski definition) is 1. The Balaban J connectivity index is 1.93. The molecule has 0 atom stereocenters. The minimum absolute atomic E-state index is 0.0705. The maximum absolute atomic E-state index is 11.6. The fourth-order valence-electron chi connectivity index (χ4n) is 1.98. The maximum atomic E-state index is 11.6. The van der Waals surface area contributed by atoms with Gasteiger partial charge in [-0.25, -0.2) is 0 Å². The van der Waals surface area contributed by atoms with Crippen molar-refractivity contribution >= 4 is 5.91 Å². The number of carbonyl (C=O) groups excluding carboxylic acids is 1. The fourth-order valence-corrected chi connectivity index (χ4v) is 1.98. The molecule has 1 aromatic carbocycles. The van der Waals surface area contributed by atoms with Gasteiger partial charge in [-0.05, 0) is 31.0 Å². The highest BCUT2D eigenvalue weighted by Crippen LogP contribution is 2.26. The first-order valence-corrected chi connectivity index (χ1v) is 7.33. The smallest absolute Gasteiger partial charge is 0.225 e. The number of carbonyl (C=O) groups is 1. The Morgan fingerprint density at radius 1 is 1.38 bits per heavy atom. The molecule has 1 N–H and O–H groups in total. The third-order valence-electron chi connectivity index (χ3n) is 3.50. The van der Waals surface area contributed by atoms with Crippen molar-refractivity contribution in [1.29, 1.82) is 0 Å². The summed E-state index contributed by atoms with van der Waals surface area (Å²) < 4.78 is 11.0. The average Bonchev–Trinajstić information content (AvgIpc) is 3.29. The zero-order valence-corrected chi connectivity index (χ0v) is 13.0. The second-order valence-corrected chi connectivity index (χ2v) is 5.52. The third kappa shape index (κ3) is 4.93. The molecule has 0 unspecified atom stereocenters. The quantitative estimate of drug-likeness (QED) is 0.794. The lowest BCUT2D eigenvalue weighted by molar-refractivity contribution is -0.129. The highest BCUT2D eigenvalue weighted by Gasteiger charge is 2.20. The van der Waals surface area contributed by atoms with Gasteiger partial charge in [0.2, 0.25) is 5.91 Å². The summed E-state index contributed by atoms with van der Waals surface area (Å²) >= 11 is 0. The standard InChI is InChI=1S/C16H24N2O3/c1-18(2)16(19)8-9-21-15-7-6-14(20-3)10-12(15)11-17-13-4-5-13/h6-7,10,13,17H,4-5,8-9,11H2,1-3H3. The molecule has 0 radical (unpaired) electrons. The topological polar surface area (TPSA) is 50.8 Å². The average molecular weight is 292 g/mol. The van der Waals surface area contributed by atoms with Gasteiger partial charge >= 0.3 is 0 Å². The highest BCUT2D eigenvalue weighted by molar-refractivity contribution is 5.75. The van der Waals surface area contributed by atoms with Gasteiger partial charge in [0, 0.05) is 32.2 Å². The molecule has 0 saturated heterocycles. The van der Waals surface area contributed by atoms with Crippen LogP contribution in [0.1, 0.15) is 24.8 Å². The summed E-state index contributed by atoms with van der Waals surface area (Å²) in [4.78, 5) is 13.1. The number of methoxy groups -OCH3 is 1. The lowest BCUT2D eigenvalue weighted by atomic mass is 10.2. The van der Waals surface area contributed by atoms with Crippen molar-refractivity contribution in [2.24, 2.45) is 0 Å². The van der Waals surface area contributed by atoms with E-state index < -0.39 is 0 Å². The van der Waals surface area contributed by atoms with E-state index in [1.807, 2.05) is 18.2 Å². The van der Waals surface area contributed by atoms with E-state index in [9.17, 15) is 4.79 Å². The lowest BCUT2D eigenvalue weighted by Crippen LogP contribution is -2.23. The molecule has 1 saturated carbocycles. The predicted molar refractivity (Wildman–Crippen MR) is 81.7 cm³/mol. The van der Waals surface area contributed by atoms with Crippen molar-refractivity contribution in [2.75, 3.05) is 27.8 Å². The molecule has 116 valence electrons. The van der Waals surface area contributed by atoms with Gasteiger partial charge in [0.1, 0.15) is 11.5 Å². The molecule has 5 heteroatoms. The van der Waals surface area contributed by atoms with Crippen LogP contribution in [-0.4, -0.2) is 44.7 Å². The van der Waals surface area contributed by atoms with E-state index in [2.05, 4.69) is 5.32 Å². The van der Waals surface area contributed by atoms with Crippen LogP contribution in [0.25, 0.3) is 0 Å². The zero-order chi connectivity index (χ0) is 15.2. The van der Waals surface area contributed by atoms with E-state index in [0.29, 0.717) is 19.1 Å². The molecule has 5 nitrogen and oxygen atoms in total. The molecule has 1 aliphatic carbocycles. The van der Waals surface area contributed by atoms with Crippen LogP contribution in [0.4, 0.5) is 0 Å². The molecule has 0 heterocycles. The van der Waals surface area contributed by atoms with Gasteiger partial charge in [0.15, 0.2) is 0 Å². The van der Waals surface area contributed by atoms with Crippen molar-refractivity contribution in [3.8, 4) is 11.5 Å². The lowest BCUT2D eigenvalue weighted by Gasteiger charge is -2.14. The molecule has 1 amide bonds. The third-order valence-corrected chi connectivity index (χ3v) is 3.50. The van der Waals surface area contributed by atoms with E-state index in [-0.39, 0.29) is 5.91 Å². The van der Waals surface area contributed by atoms with Gasteiger partial charge in [-0.1, -0.05) is 0 Å². The van der Waals surface area contributed by atoms with Crippen molar-refractivity contribution < 1.29 is 14.3 Å². The monoisotopic (exact) mass is 292 g/mol. The molecular weight excluding hydrogens is 268 g/mol. The Labute approximate surface area is 126 Å². The molecule has 0 spiro atoms. The summed E-state index contributed by atoms with van der Waals surface area (Å²) in [6.45, 7) is 1.15. The zero-order valence-electron chi connectivity index (χ0n) is 13.0. The van der Waals surface area contributed by atoms with Crippen LogP contribution in [0, 0.1) is 0 Å². The first-order valence-electron chi connectivity index (χ1n) is 7.33. The van der Waals surface area contributed by atoms with Crippen LogP contribution >= 0.6 is 0 Å². The van der Waals surface area contributed by atoms with Gasteiger partial charge in [0.05, 0.1) is 20.1 Å². The maximum Gasteiger partial charge on any atom is 0.225 e. The number of nitrogens with zero attached hydrogens (tertiary/aromatic N) is 1. The van der Waals surface area contributed by atoms with Crippen molar-refractivity contribution in [2.45, 2.75) is 31.8 Å². The van der Waals surface area contributed by atoms with Crippen LogP contribution in [0.2, 0.25) is 0 Å². The van der Waals surface area contributed by atoms with Crippen molar-refractivity contribution in [3.05, 3.63) is 23.8 Å².